The molecule has 0 aliphatic rings. The van der Waals surface area contributed by atoms with E-state index in [1.54, 1.807) is 21.9 Å². The second kappa shape index (κ2) is 13.4. The predicted octanol–water partition coefficient (Wildman–Crippen LogP) is 5.82. The maximum atomic E-state index is 13.7. The van der Waals surface area contributed by atoms with Crippen LogP contribution in [0.1, 0.15) is 36.2 Å². The molecule has 39 heavy (non-hydrogen) atoms. The minimum Gasteiger partial charge on any atom is -0.345 e. The van der Waals surface area contributed by atoms with Gasteiger partial charge in [-0.2, -0.15) is 0 Å². The first-order valence-corrected chi connectivity index (χ1v) is 13.2. The van der Waals surface area contributed by atoms with E-state index in [9.17, 15) is 14.0 Å². The fraction of sp³-hybridized carbons (Fsp3) is 0.250. The van der Waals surface area contributed by atoms with Crippen LogP contribution < -0.4 is 5.32 Å². The van der Waals surface area contributed by atoms with Crippen LogP contribution in [0.3, 0.4) is 0 Å². The van der Waals surface area contributed by atoms with Gasteiger partial charge in [0, 0.05) is 37.6 Å². The van der Waals surface area contributed by atoms with Crippen molar-refractivity contribution in [3.8, 4) is 0 Å². The van der Waals surface area contributed by atoms with Gasteiger partial charge in [0.05, 0.1) is 6.54 Å². The smallest absolute Gasteiger partial charge is 0.318 e. The molecule has 202 valence electrons. The summed E-state index contributed by atoms with van der Waals surface area (Å²) in [6.45, 7) is 5.52. The lowest BCUT2D eigenvalue weighted by molar-refractivity contribution is -0.133. The first-order chi connectivity index (χ1) is 18.9. The average Bonchev–Trinajstić information content (AvgIpc) is 3.38. The zero-order valence-electron chi connectivity index (χ0n) is 22.5. The molecule has 0 unspecified atom stereocenters. The lowest BCUT2D eigenvalue weighted by Crippen LogP contribution is -2.49. The number of rotatable bonds is 11. The minimum atomic E-state index is -0.276. The molecule has 0 saturated heterocycles. The van der Waals surface area contributed by atoms with Crippen LogP contribution >= 0.6 is 0 Å². The second-order valence-electron chi connectivity index (χ2n) is 9.86. The van der Waals surface area contributed by atoms with E-state index < -0.39 is 0 Å². The van der Waals surface area contributed by atoms with E-state index in [1.807, 2.05) is 92.8 Å². The molecule has 1 aromatic heterocycles. The number of nitrogens with zero attached hydrogens (tertiary/aromatic N) is 3. The minimum absolute atomic E-state index is 0.0379. The highest BCUT2D eigenvalue weighted by Crippen LogP contribution is 2.15. The molecule has 4 aromatic rings. The number of halogens is 1. The first-order valence-electron chi connectivity index (χ1n) is 13.2. The van der Waals surface area contributed by atoms with E-state index in [0.29, 0.717) is 26.2 Å². The van der Waals surface area contributed by atoms with E-state index in [1.165, 1.54) is 12.1 Å². The molecule has 0 atom stereocenters. The Kier molecular flexibility index (Phi) is 9.51. The van der Waals surface area contributed by atoms with Crippen molar-refractivity contribution in [2.24, 2.45) is 0 Å². The number of benzene rings is 3. The zero-order chi connectivity index (χ0) is 27.6. The third-order valence-electron chi connectivity index (χ3n) is 6.59. The molecule has 6 nitrogen and oxygen atoms in total. The van der Waals surface area contributed by atoms with E-state index >= 15 is 0 Å². The van der Waals surface area contributed by atoms with Crippen molar-refractivity contribution in [2.45, 2.75) is 46.1 Å². The van der Waals surface area contributed by atoms with Gasteiger partial charge in [0.25, 0.3) is 0 Å². The molecule has 3 aromatic carbocycles. The number of aromatic nitrogens is 1. The van der Waals surface area contributed by atoms with Crippen LogP contribution in [0.2, 0.25) is 0 Å². The third kappa shape index (κ3) is 8.04. The largest absolute Gasteiger partial charge is 0.345 e. The molecule has 0 fully saturated rings. The van der Waals surface area contributed by atoms with Gasteiger partial charge in [-0.15, -0.1) is 0 Å². The Bertz CT molecular complexity index is 1340. The summed E-state index contributed by atoms with van der Waals surface area (Å²) in [4.78, 5) is 30.2. The Morgan fingerprint density at radius 2 is 1.44 bits per heavy atom. The summed E-state index contributed by atoms with van der Waals surface area (Å²) in [5, 5.41) is 2.95. The van der Waals surface area contributed by atoms with E-state index in [4.69, 9.17) is 0 Å². The summed E-state index contributed by atoms with van der Waals surface area (Å²) in [7, 11) is 0. The van der Waals surface area contributed by atoms with Crippen LogP contribution in [-0.2, 0) is 31.0 Å². The SMILES string of the molecule is CC(C)N(CC(=O)N(Cc1ccccc1)Cc1cccn1Cc1ccc(F)cc1)C(=O)NCc1ccccc1. The number of urea groups is 1. The number of amides is 3. The molecule has 0 radical (unpaired) electrons. The van der Waals surface area contributed by atoms with Gasteiger partial charge in [-0.3, -0.25) is 4.79 Å². The van der Waals surface area contributed by atoms with Crippen LogP contribution in [0, 0.1) is 5.82 Å². The summed E-state index contributed by atoms with van der Waals surface area (Å²) in [6, 6.07) is 29.5. The molecule has 1 N–H and O–H groups in total. The summed E-state index contributed by atoms with van der Waals surface area (Å²) < 4.78 is 15.4. The van der Waals surface area contributed by atoms with Crippen LogP contribution in [0.4, 0.5) is 9.18 Å². The van der Waals surface area contributed by atoms with Crippen molar-refractivity contribution in [2.75, 3.05) is 6.54 Å². The van der Waals surface area contributed by atoms with Crippen LogP contribution in [0.15, 0.2) is 103 Å². The maximum absolute atomic E-state index is 13.7. The van der Waals surface area contributed by atoms with Crippen molar-refractivity contribution >= 4 is 11.9 Å². The molecule has 0 spiro atoms. The lowest BCUT2D eigenvalue weighted by atomic mass is 10.2. The Balaban J connectivity index is 1.49. The average molecular weight is 527 g/mol. The van der Waals surface area contributed by atoms with Crippen molar-refractivity contribution < 1.29 is 14.0 Å². The highest BCUT2D eigenvalue weighted by molar-refractivity contribution is 5.84. The molecule has 7 heteroatoms. The molecule has 4 rings (SSSR count). The van der Waals surface area contributed by atoms with Crippen LogP contribution in [0.25, 0.3) is 0 Å². The van der Waals surface area contributed by atoms with Gasteiger partial charge in [-0.1, -0.05) is 72.8 Å². The highest BCUT2D eigenvalue weighted by Gasteiger charge is 2.24. The van der Waals surface area contributed by atoms with Crippen molar-refractivity contribution in [3.05, 3.63) is 131 Å². The summed E-state index contributed by atoms with van der Waals surface area (Å²) in [5.41, 5.74) is 3.92. The number of nitrogens with one attached hydrogen (secondary N) is 1. The normalized spacial score (nSPS) is 10.9. The van der Waals surface area contributed by atoms with E-state index in [2.05, 4.69) is 9.88 Å². The number of hydrogen-bond donors (Lipinski definition) is 1. The summed E-state index contributed by atoms with van der Waals surface area (Å²) >= 11 is 0. The van der Waals surface area contributed by atoms with Crippen LogP contribution in [0.5, 0.6) is 0 Å². The second-order valence-corrected chi connectivity index (χ2v) is 9.86. The fourth-order valence-electron chi connectivity index (χ4n) is 4.38. The van der Waals surface area contributed by atoms with Crippen molar-refractivity contribution in [1.29, 1.82) is 0 Å². The Labute approximate surface area is 229 Å². The quantitative estimate of drug-likeness (QED) is 0.268. The van der Waals surface area contributed by atoms with Gasteiger partial charge in [-0.05, 0) is 54.8 Å². The van der Waals surface area contributed by atoms with Gasteiger partial charge >= 0.3 is 6.03 Å². The molecule has 0 saturated carbocycles. The third-order valence-corrected chi connectivity index (χ3v) is 6.59. The van der Waals surface area contributed by atoms with Gasteiger partial charge < -0.3 is 19.7 Å². The molecule has 0 bridgehead atoms. The Morgan fingerprint density at radius 1 is 0.795 bits per heavy atom. The van der Waals surface area contributed by atoms with Gasteiger partial charge in [0.15, 0.2) is 0 Å². The van der Waals surface area contributed by atoms with Gasteiger partial charge in [0.1, 0.15) is 12.4 Å². The zero-order valence-corrected chi connectivity index (χ0v) is 22.5. The fourth-order valence-corrected chi connectivity index (χ4v) is 4.38. The molecule has 0 aliphatic carbocycles. The highest BCUT2D eigenvalue weighted by atomic mass is 19.1. The summed E-state index contributed by atoms with van der Waals surface area (Å²) in [5.74, 6) is -0.412. The molecule has 0 aliphatic heterocycles. The number of carbonyl (C=O) groups is 2. The van der Waals surface area contributed by atoms with Crippen molar-refractivity contribution in [1.82, 2.24) is 19.7 Å². The lowest BCUT2D eigenvalue weighted by Gasteiger charge is -2.30. The number of carbonyl (C=O) groups excluding carboxylic acids is 2. The standard InChI is InChI=1S/C32H35FN4O2/c1-25(2)37(32(39)34-20-26-10-5-3-6-11-26)24-31(38)36(22-27-12-7-4-8-13-27)23-30-14-9-19-35(30)21-28-15-17-29(33)18-16-28/h3-19,25H,20-24H2,1-2H3,(H,34,39). The molecule has 1 heterocycles. The molecular weight excluding hydrogens is 491 g/mol. The first kappa shape index (κ1) is 27.6. The molecule has 3 amide bonds. The van der Waals surface area contributed by atoms with Crippen molar-refractivity contribution in [3.63, 3.8) is 0 Å². The van der Waals surface area contributed by atoms with Gasteiger partial charge in [0.2, 0.25) is 5.91 Å². The summed E-state index contributed by atoms with van der Waals surface area (Å²) in [6.07, 6.45) is 1.96. The monoisotopic (exact) mass is 526 g/mol. The topological polar surface area (TPSA) is 57.6 Å². The predicted molar refractivity (Wildman–Crippen MR) is 151 cm³/mol. The van der Waals surface area contributed by atoms with E-state index in [0.717, 1.165) is 22.4 Å². The van der Waals surface area contributed by atoms with Crippen LogP contribution in [-0.4, -0.2) is 38.9 Å². The Hall–Kier alpha value is -4.39. The van der Waals surface area contributed by atoms with Gasteiger partial charge in [-0.25, -0.2) is 9.18 Å². The number of hydrogen-bond acceptors (Lipinski definition) is 2. The maximum Gasteiger partial charge on any atom is 0.318 e. The Morgan fingerprint density at radius 3 is 2.08 bits per heavy atom. The van der Waals surface area contributed by atoms with E-state index in [-0.39, 0.29) is 30.3 Å². The molecular formula is C32H35FN4O2.